The molecule has 0 amide bonds. The summed E-state index contributed by atoms with van der Waals surface area (Å²) < 4.78 is 2.23. The number of aromatic nitrogens is 2. The maximum absolute atomic E-state index is 5.92. The van der Waals surface area contributed by atoms with Crippen molar-refractivity contribution in [1.82, 2.24) is 9.55 Å². The molecule has 3 nitrogen and oxygen atoms in total. The Labute approximate surface area is 89.9 Å². The lowest BCUT2D eigenvalue weighted by molar-refractivity contribution is 0.667. The van der Waals surface area contributed by atoms with Gasteiger partial charge >= 0.3 is 0 Å². The molecule has 1 heterocycles. The Bertz CT molecular complexity index is 483. The summed E-state index contributed by atoms with van der Waals surface area (Å²) in [6, 6.07) is 5.96. The number of anilines is 1. The predicted molar refractivity (Wildman–Crippen MR) is 63.9 cm³/mol. The number of nitrogen functional groups attached to an aromatic ring is 1. The molecule has 1 aromatic heterocycles. The van der Waals surface area contributed by atoms with Crippen LogP contribution in [0.15, 0.2) is 18.2 Å². The standard InChI is InChI=1S/C12H17N3/c1-4-15-10-7-5-6-9(13)11(10)14-12(15)8(2)3/h5-8H,4,13H2,1-3H3. The van der Waals surface area contributed by atoms with Gasteiger partial charge in [-0.15, -0.1) is 0 Å². The van der Waals surface area contributed by atoms with E-state index in [2.05, 4.69) is 36.4 Å². The van der Waals surface area contributed by atoms with Gasteiger partial charge in [-0.2, -0.15) is 0 Å². The molecular formula is C12H17N3. The number of para-hydroxylation sites is 1. The highest BCUT2D eigenvalue weighted by atomic mass is 15.1. The Morgan fingerprint density at radius 1 is 1.40 bits per heavy atom. The van der Waals surface area contributed by atoms with Crippen molar-refractivity contribution in [2.45, 2.75) is 33.2 Å². The second-order valence-corrected chi connectivity index (χ2v) is 4.08. The zero-order valence-electron chi connectivity index (χ0n) is 9.49. The molecule has 0 bridgehead atoms. The van der Waals surface area contributed by atoms with Crippen LogP contribution in [0.3, 0.4) is 0 Å². The Morgan fingerprint density at radius 2 is 2.13 bits per heavy atom. The number of nitrogens with two attached hydrogens (primary N) is 1. The molecular weight excluding hydrogens is 186 g/mol. The largest absolute Gasteiger partial charge is 0.397 e. The first-order valence-corrected chi connectivity index (χ1v) is 5.39. The number of nitrogens with zero attached hydrogens (tertiary/aromatic N) is 2. The van der Waals surface area contributed by atoms with E-state index in [-0.39, 0.29) is 0 Å². The van der Waals surface area contributed by atoms with Crippen molar-refractivity contribution in [3.05, 3.63) is 24.0 Å². The molecule has 0 spiro atoms. The monoisotopic (exact) mass is 203 g/mol. The van der Waals surface area contributed by atoms with Gasteiger partial charge in [0.1, 0.15) is 11.3 Å². The van der Waals surface area contributed by atoms with E-state index in [1.807, 2.05) is 12.1 Å². The van der Waals surface area contributed by atoms with Crippen LogP contribution in [-0.4, -0.2) is 9.55 Å². The lowest BCUT2D eigenvalue weighted by atomic mass is 10.2. The van der Waals surface area contributed by atoms with Crippen molar-refractivity contribution in [3.8, 4) is 0 Å². The Balaban J connectivity index is 2.78. The summed E-state index contributed by atoms with van der Waals surface area (Å²) in [5.74, 6) is 1.54. The van der Waals surface area contributed by atoms with Crippen molar-refractivity contribution in [2.75, 3.05) is 5.73 Å². The van der Waals surface area contributed by atoms with Gasteiger partial charge < -0.3 is 10.3 Å². The van der Waals surface area contributed by atoms with E-state index in [1.165, 1.54) is 0 Å². The zero-order chi connectivity index (χ0) is 11.0. The fourth-order valence-electron chi connectivity index (χ4n) is 1.96. The van der Waals surface area contributed by atoms with Gasteiger partial charge in [0.15, 0.2) is 0 Å². The molecule has 2 N–H and O–H groups in total. The van der Waals surface area contributed by atoms with Crippen LogP contribution in [-0.2, 0) is 6.54 Å². The van der Waals surface area contributed by atoms with Gasteiger partial charge in [0.05, 0.1) is 11.2 Å². The Kier molecular flexibility index (Phi) is 2.39. The van der Waals surface area contributed by atoms with Crippen LogP contribution in [0.4, 0.5) is 5.69 Å². The molecule has 0 fully saturated rings. The van der Waals surface area contributed by atoms with Gasteiger partial charge in [-0.3, -0.25) is 0 Å². The number of rotatable bonds is 2. The first kappa shape index (κ1) is 10.0. The molecule has 0 radical (unpaired) electrons. The molecule has 0 aliphatic rings. The van der Waals surface area contributed by atoms with E-state index in [4.69, 9.17) is 5.73 Å². The number of fused-ring (bicyclic) bond motifs is 1. The second kappa shape index (κ2) is 3.57. The molecule has 3 heteroatoms. The number of aryl methyl sites for hydroxylation is 1. The van der Waals surface area contributed by atoms with E-state index in [1.54, 1.807) is 0 Å². The second-order valence-electron chi connectivity index (χ2n) is 4.08. The molecule has 1 aromatic carbocycles. The lowest BCUT2D eigenvalue weighted by Gasteiger charge is -2.07. The van der Waals surface area contributed by atoms with Crippen LogP contribution in [0.2, 0.25) is 0 Å². The number of hydrogen-bond acceptors (Lipinski definition) is 2. The highest BCUT2D eigenvalue weighted by Crippen LogP contribution is 2.25. The lowest BCUT2D eigenvalue weighted by Crippen LogP contribution is -2.02. The first-order valence-electron chi connectivity index (χ1n) is 5.39. The van der Waals surface area contributed by atoms with Gasteiger partial charge in [-0.25, -0.2) is 4.98 Å². The molecule has 0 atom stereocenters. The summed E-state index contributed by atoms with van der Waals surface area (Å²) in [7, 11) is 0. The first-order chi connectivity index (χ1) is 7.15. The van der Waals surface area contributed by atoms with Crippen LogP contribution >= 0.6 is 0 Å². The van der Waals surface area contributed by atoms with Crippen molar-refractivity contribution in [2.24, 2.45) is 0 Å². The Morgan fingerprint density at radius 3 is 2.73 bits per heavy atom. The summed E-state index contributed by atoms with van der Waals surface area (Å²) >= 11 is 0. The summed E-state index contributed by atoms with van der Waals surface area (Å²) in [6.07, 6.45) is 0. The number of benzene rings is 1. The van der Waals surface area contributed by atoms with Crippen molar-refractivity contribution in [1.29, 1.82) is 0 Å². The molecule has 2 aromatic rings. The number of hydrogen-bond donors (Lipinski definition) is 1. The summed E-state index contributed by atoms with van der Waals surface area (Å²) in [5.41, 5.74) is 8.76. The molecule has 0 unspecified atom stereocenters. The highest BCUT2D eigenvalue weighted by Gasteiger charge is 2.13. The summed E-state index contributed by atoms with van der Waals surface area (Å²) in [5, 5.41) is 0. The zero-order valence-corrected chi connectivity index (χ0v) is 9.49. The van der Waals surface area contributed by atoms with Crippen molar-refractivity contribution in [3.63, 3.8) is 0 Å². The maximum atomic E-state index is 5.92. The molecule has 2 rings (SSSR count). The van der Waals surface area contributed by atoms with Gasteiger partial charge in [0.2, 0.25) is 0 Å². The molecule has 0 aliphatic heterocycles. The fourth-order valence-corrected chi connectivity index (χ4v) is 1.96. The van der Waals surface area contributed by atoms with Gasteiger partial charge in [0.25, 0.3) is 0 Å². The van der Waals surface area contributed by atoms with E-state index >= 15 is 0 Å². The molecule has 0 aliphatic carbocycles. The third-order valence-electron chi connectivity index (χ3n) is 2.67. The topological polar surface area (TPSA) is 43.8 Å². The van der Waals surface area contributed by atoms with Gasteiger partial charge in [0, 0.05) is 12.5 Å². The van der Waals surface area contributed by atoms with E-state index in [0.717, 1.165) is 29.1 Å². The van der Waals surface area contributed by atoms with Crippen molar-refractivity contribution < 1.29 is 0 Å². The quantitative estimate of drug-likeness (QED) is 0.763. The molecule has 0 saturated heterocycles. The van der Waals surface area contributed by atoms with Crippen molar-refractivity contribution >= 4 is 16.7 Å². The van der Waals surface area contributed by atoms with Crippen LogP contribution in [0.25, 0.3) is 11.0 Å². The molecule has 0 saturated carbocycles. The highest BCUT2D eigenvalue weighted by molar-refractivity contribution is 5.87. The molecule has 15 heavy (non-hydrogen) atoms. The predicted octanol–water partition coefficient (Wildman–Crippen LogP) is 2.76. The minimum absolute atomic E-state index is 0.428. The minimum atomic E-state index is 0.428. The van der Waals surface area contributed by atoms with E-state index in [9.17, 15) is 0 Å². The average molecular weight is 203 g/mol. The van der Waals surface area contributed by atoms with Gasteiger partial charge in [-0.05, 0) is 19.1 Å². The smallest absolute Gasteiger partial charge is 0.112 e. The van der Waals surface area contributed by atoms with Crippen LogP contribution < -0.4 is 5.73 Å². The van der Waals surface area contributed by atoms with Crippen LogP contribution in [0.1, 0.15) is 32.5 Å². The average Bonchev–Trinajstić information content (AvgIpc) is 2.57. The van der Waals surface area contributed by atoms with Crippen LogP contribution in [0, 0.1) is 0 Å². The minimum Gasteiger partial charge on any atom is -0.397 e. The third kappa shape index (κ3) is 1.48. The normalized spacial score (nSPS) is 11.5. The van der Waals surface area contributed by atoms with E-state index in [0.29, 0.717) is 5.92 Å². The van der Waals surface area contributed by atoms with Gasteiger partial charge in [-0.1, -0.05) is 19.9 Å². The Hall–Kier alpha value is -1.51. The molecule has 80 valence electrons. The fraction of sp³-hybridized carbons (Fsp3) is 0.417. The maximum Gasteiger partial charge on any atom is 0.112 e. The summed E-state index contributed by atoms with van der Waals surface area (Å²) in [6.45, 7) is 7.39. The third-order valence-corrected chi connectivity index (χ3v) is 2.67. The van der Waals surface area contributed by atoms with E-state index < -0.39 is 0 Å². The SMILES string of the molecule is CCn1c(C(C)C)nc2c(N)cccc21. The van der Waals surface area contributed by atoms with Crippen LogP contribution in [0.5, 0.6) is 0 Å². The number of imidazole rings is 1. The summed E-state index contributed by atoms with van der Waals surface area (Å²) in [4.78, 5) is 4.62.